The van der Waals surface area contributed by atoms with Crippen LogP contribution in [-0.2, 0) is 0 Å². The Bertz CT molecular complexity index is 1070. The molecule has 0 bridgehead atoms. The Morgan fingerprint density at radius 2 is 1.00 bits per heavy atom. The molecule has 0 radical (unpaired) electrons. The van der Waals surface area contributed by atoms with Crippen LogP contribution in [0.3, 0.4) is 0 Å². The van der Waals surface area contributed by atoms with Crippen molar-refractivity contribution in [1.29, 1.82) is 0 Å². The van der Waals surface area contributed by atoms with Gasteiger partial charge in [0.2, 0.25) is 0 Å². The third-order valence-electron chi connectivity index (χ3n) is 4.09. The number of benzene rings is 3. The van der Waals surface area contributed by atoms with Crippen molar-refractivity contribution < 1.29 is 30.0 Å². The van der Waals surface area contributed by atoms with E-state index in [-0.39, 0.29) is 22.6 Å². The summed E-state index contributed by atoms with van der Waals surface area (Å²) in [6.07, 6.45) is 3.14. The third-order valence-corrected chi connectivity index (χ3v) is 4.09. The molecule has 0 aliphatic carbocycles. The van der Waals surface area contributed by atoms with Gasteiger partial charge in [-0.1, -0.05) is 24.3 Å². The van der Waals surface area contributed by atoms with Crippen LogP contribution in [-0.4, -0.2) is 44.8 Å². The van der Waals surface area contributed by atoms with Crippen LogP contribution in [0.4, 0.5) is 11.4 Å². The molecule has 0 aromatic heterocycles. The Kier molecular flexibility index (Phi) is 5.88. The van der Waals surface area contributed by atoms with Crippen molar-refractivity contribution in [3.63, 3.8) is 0 Å². The van der Waals surface area contributed by atoms with Crippen LogP contribution in [0.25, 0.3) is 0 Å². The second-order valence-electron chi connectivity index (χ2n) is 6.20. The van der Waals surface area contributed by atoms with Crippen LogP contribution in [0.5, 0.6) is 11.5 Å². The zero-order valence-electron chi connectivity index (χ0n) is 15.4. The van der Waals surface area contributed by atoms with Crippen molar-refractivity contribution in [2.24, 2.45) is 9.98 Å². The number of aromatic hydroxyl groups is 2. The zero-order chi connectivity index (χ0) is 21.7. The molecule has 0 spiro atoms. The molecule has 8 nitrogen and oxygen atoms in total. The van der Waals surface area contributed by atoms with E-state index >= 15 is 0 Å². The zero-order valence-corrected chi connectivity index (χ0v) is 15.4. The summed E-state index contributed by atoms with van der Waals surface area (Å²) in [4.78, 5) is 30.2. The summed E-state index contributed by atoms with van der Waals surface area (Å²) in [7, 11) is 0. The van der Waals surface area contributed by atoms with E-state index in [0.717, 1.165) is 11.1 Å². The molecule has 150 valence electrons. The fourth-order valence-corrected chi connectivity index (χ4v) is 2.53. The molecular weight excluding hydrogens is 388 g/mol. The molecule has 0 fully saturated rings. The maximum Gasteiger partial charge on any atom is 0.339 e. The molecule has 8 heteroatoms. The molecule has 0 amide bonds. The number of rotatable bonds is 6. The van der Waals surface area contributed by atoms with Gasteiger partial charge >= 0.3 is 11.9 Å². The lowest BCUT2D eigenvalue weighted by atomic mass is 10.1. The maximum absolute atomic E-state index is 10.9. The van der Waals surface area contributed by atoms with Gasteiger partial charge in [0.1, 0.15) is 22.6 Å². The van der Waals surface area contributed by atoms with Crippen molar-refractivity contribution in [1.82, 2.24) is 0 Å². The van der Waals surface area contributed by atoms with Crippen molar-refractivity contribution in [3.8, 4) is 11.5 Å². The van der Waals surface area contributed by atoms with Gasteiger partial charge in [-0.2, -0.15) is 0 Å². The fourth-order valence-electron chi connectivity index (χ4n) is 2.53. The van der Waals surface area contributed by atoms with Crippen molar-refractivity contribution in [3.05, 3.63) is 82.9 Å². The van der Waals surface area contributed by atoms with E-state index in [1.54, 1.807) is 36.7 Å². The van der Waals surface area contributed by atoms with Crippen LogP contribution in [0.2, 0.25) is 0 Å². The van der Waals surface area contributed by atoms with Crippen molar-refractivity contribution in [2.45, 2.75) is 0 Å². The average molecular weight is 404 g/mol. The first kappa shape index (κ1) is 20.3. The highest BCUT2D eigenvalue weighted by atomic mass is 16.4. The number of carbonyl (C=O) groups is 2. The normalized spacial score (nSPS) is 11.2. The van der Waals surface area contributed by atoms with Gasteiger partial charge in [-0.05, 0) is 35.4 Å². The number of carboxylic acids is 2. The molecule has 0 unspecified atom stereocenters. The average Bonchev–Trinajstić information content (AvgIpc) is 2.71. The van der Waals surface area contributed by atoms with E-state index in [9.17, 15) is 19.8 Å². The molecule has 0 atom stereocenters. The van der Waals surface area contributed by atoms with Crippen LogP contribution in [0, 0.1) is 0 Å². The SMILES string of the molecule is O=C(O)c1ccc(N=Cc2ccc(C=Nc3ccc(C(=O)O)c(O)c3)cc2)cc1O. The van der Waals surface area contributed by atoms with Gasteiger partial charge in [-0.3, -0.25) is 9.98 Å². The monoisotopic (exact) mass is 404 g/mol. The van der Waals surface area contributed by atoms with Crippen molar-refractivity contribution >= 4 is 35.7 Å². The fraction of sp³-hybridized carbons (Fsp3) is 0. The minimum Gasteiger partial charge on any atom is -0.507 e. The topological polar surface area (TPSA) is 140 Å². The molecule has 0 heterocycles. The number of hydrogen-bond donors (Lipinski definition) is 4. The summed E-state index contributed by atoms with van der Waals surface area (Å²) in [5.41, 5.74) is 1.99. The summed E-state index contributed by atoms with van der Waals surface area (Å²) >= 11 is 0. The Morgan fingerprint density at radius 1 is 0.633 bits per heavy atom. The van der Waals surface area contributed by atoms with Gasteiger partial charge in [0.05, 0.1) is 11.4 Å². The molecule has 3 aromatic rings. The summed E-state index contributed by atoms with van der Waals surface area (Å²) in [6, 6.07) is 15.3. The second kappa shape index (κ2) is 8.70. The summed E-state index contributed by atoms with van der Waals surface area (Å²) in [6.45, 7) is 0. The summed E-state index contributed by atoms with van der Waals surface area (Å²) in [5, 5.41) is 37.2. The van der Waals surface area contributed by atoms with E-state index in [4.69, 9.17) is 10.2 Å². The van der Waals surface area contributed by atoms with Crippen LogP contribution in [0.15, 0.2) is 70.6 Å². The van der Waals surface area contributed by atoms with Crippen LogP contribution >= 0.6 is 0 Å². The molecule has 0 aliphatic rings. The van der Waals surface area contributed by atoms with E-state index in [0.29, 0.717) is 11.4 Å². The van der Waals surface area contributed by atoms with Gasteiger partial charge in [0, 0.05) is 24.6 Å². The number of carboxylic acid groups (broad SMARTS) is 2. The number of phenols is 2. The van der Waals surface area contributed by atoms with E-state index in [2.05, 4.69) is 9.98 Å². The number of aromatic carboxylic acids is 2. The molecular formula is C22H16N2O6. The van der Waals surface area contributed by atoms with E-state index in [1.807, 2.05) is 0 Å². The highest BCUT2D eigenvalue weighted by Crippen LogP contribution is 2.25. The Morgan fingerprint density at radius 3 is 1.30 bits per heavy atom. The summed E-state index contributed by atoms with van der Waals surface area (Å²) < 4.78 is 0. The molecule has 0 saturated carbocycles. The third kappa shape index (κ3) is 4.87. The van der Waals surface area contributed by atoms with E-state index in [1.165, 1.54) is 36.4 Å². The molecule has 3 rings (SSSR count). The van der Waals surface area contributed by atoms with Gasteiger partial charge in [0.15, 0.2) is 0 Å². The summed E-state index contributed by atoms with van der Waals surface area (Å²) in [5.74, 6) is -3.14. The first-order chi connectivity index (χ1) is 14.3. The van der Waals surface area contributed by atoms with Gasteiger partial charge < -0.3 is 20.4 Å². The molecule has 30 heavy (non-hydrogen) atoms. The van der Waals surface area contributed by atoms with Gasteiger partial charge in [-0.15, -0.1) is 0 Å². The first-order valence-electron chi connectivity index (χ1n) is 8.64. The smallest absolute Gasteiger partial charge is 0.339 e. The van der Waals surface area contributed by atoms with Crippen molar-refractivity contribution in [2.75, 3.05) is 0 Å². The van der Waals surface area contributed by atoms with Gasteiger partial charge in [0.25, 0.3) is 0 Å². The molecule has 0 saturated heterocycles. The van der Waals surface area contributed by atoms with Crippen LogP contribution in [0.1, 0.15) is 31.8 Å². The van der Waals surface area contributed by atoms with E-state index < -0.39 is 11.9 Å². The van der Waals surface area contributed by atoms with Crippen LogP contribution < -0.4 is 0 Å². The number of hydrogen-bond acceptors (Lipinski definition) is 6. The highest BCUT2D eigenvalue weighted by Gasteiger charge is 2.09. The quantitative estimate of drug-likeness (QED) is 0.458. The number of nitrogens with zero attached hydrogens (tertiary/aromatic N) is 2. The lowest BCUT2D eigenvalue weighted by Gasteiger charge is -2.01. The minimum absolute atomic E-state index is 0.191. The predicted molar refractivity (Wildman–Crippen MR) is 111 cm³/mol. The number of aliphatic imine (C=N–C) groups is 2. The molecule has 4 N–H and O–H groups in total. The predicted octanol–water partition coefficient (Wildman–Crippen LogP) is 4.00. The maximum atomic E-state index is 10.9. The van der Waals surface area contributed by atoms with Gasteiger partial charge in [-0.25, -0.2) is 9.59 Å². The lowest BCUT2D eigenvalue weighted by molar-refractivity contribution is 0.0682. The molecule has 0 aliphatic heterocycles. The standard InChI is InChI=1S/C22H16N2O6/c25-19-9-15(5-7-17(19)21(27)28)23-11-13-1-2-14(4-3-13)12-24-16-6-8-18(22(29)30)20(26)10-16/h1-12,25-26H,(H,27,28)(H,29,30). The largest absolute Gasteiger partial charge is 0.507 e. The molecule has 3 aromatic carbocycles. The minimum atomic E-state index is -1.21. The Balaban J connectivity index is 1.69. The lowest BCUT2D eigenvalue weighted by Crippen LogP contribution is -1.95. The second-order valence-corrected chi connectivity index (χ2v) is 6.20. The highest BCUT2D eigenvalue weighted by molar-refractivity contribution is 5.92. The first-order valence-corrected chi connectivity index (χ1v) is 8.64. The Hall–Kier alpha value is -4.46. The Labute approximate surface area is 170 Å².